The fourth-order valence-electron chi connectivity index (χ4n) is 2.49. The summed E-state index contributed by atoms with van der Waals surface area (Å²) in [5, 5.41) is 12.4. The molecule has 0 atom stereocenters. The van der Waals surface area contributed by atoms with E-state index < -0.39 is 0 Å². The lowest BCUT2D eigenvalue weighted by atomic mass is 9.77. The molecule has 0 saturated heterocycles. The Morgan fingerprint density at radius 1 is 1.50 bits per heavy atom. The third kappa shape index (κ3) is 2.19. The number of aryl methyl sites for hydroxylation is 1. The first-order valence-electron chi connectivity index (χ1n) is 6.35. The summed E-state index contributed by atoms with van der Waals surface area (Å²) in [7, 11) is 0. The molecule has 1 aliphatic carbocycles. The van der Waals surface area contributed by atoms with Crippen molar-refractivity contribution in [3.05, 3.63) is 21.4 Å². The van der Waals surface area contributed by atoms with Crippen molar-refractivity contribution in [2.24, 2.45) is 0 Å². The number of carbonyl (C=O) groups is 1. The van der Waals surface area contributed by atoms with Crippen molar-refractivity contribution in [1.29, 1.82) is 0 Å². The molecule has 3 nitrogen and oxygen atoms in total. The van der Waals surface area contributed by atoms with Gasteiger partial charge in [-0.25, -0.2) is 0 Å². The van der Waals surface area contributed by atoms with Crippen molar-refractivity contribution in [2.75, 3.05) is 12.4 Å². The van der Waals surface area contributed by atoms with Crippen LogP contribution in [0.25, 0.3) is 0 Å². The second kappa shape index (κ2) is 4.87. The van der Waals surface area contributed by atoms with Crippen molar-refractivity contribution in [1.82, 2.24) is 5.32 Å². The predicted molar refractivity (Wildman–Crippen MR) is 75.3 cm³/mol. The summed E-state index contributed by atoms with van der Waals surface area (Å²) in [5.41, 5.74) is 0.990. The second-order valence-electron chi connectivity index (χ2n) is 5.11. The van der Waals surface area contributed by atoms with E-state index in [9.17, 15) is 9.90 Å². The molecular formula is C13H17NO2S2. The molecule has 3 rings (SSSR count). The third-order valence-corrected chi connectivity index (χ3v) is 6.09. The van der Waals surface area contributed by atoms with E-state index in [4.69, 9.17) is 0 Å². The number of amides is 1. The van der Waals surface area contributed by atoms with Gasteiger partial charge in [0.25, 0.3) is 5.91 Å². The minimum atomic E-state index is -0.337. The van der Waals surface area contributed by atoms with Crippen LogP contribution in [0.1, 0.15) is 39.4 Å². The molecule has 5 heteroatoms. The first-order valence-corrected chi connectivity index (χ1v) is 8.32. The van der Waals surface area contributed by atoms with E-state index >= 15 is 0 Å². The highest BCUT2D eigenvalue weighted by Gasteiger charge is 2.38. The molecule has 1 fully saturated rings. The Hall–Kier alpha value is -0.520. The van der Waals surface area contributed by atoms with E-state index in [2.05, 4.69) is 5.32 Å². The van der Waals surface area contributed by atoms with E-state index in [1.807, 2.05) is 17.8 Å². The van der Waals surface area contributed by atoms with Crippen LogP contribution in [0, 0.1) is 0 Å². The number of aliphatic hydroxyl groups is 1. The number of thioether (sulfide) groups is 1. The van der Waals surface area contributed by atoms with E-state index in [0.717, 1.165) is 42.1 Å². The van der Waals surface area contributed by atoms with Gasteiger partial charge in [0.05, 0.1) is 17.0 Å². The monoisotopic (exact) mass is 283 g/mol. The van der Waals surface area contributed by atoms with E-state index in [1.54, 1.807) is 11.3 Å². The van der Waals surface area contributed by atoms with Crippen LogP contribution in [-0.2, 0) is 12.2 Å². The van der Waals surface area contributed by atoms with Crippen LogP contribution in [0.2, 0.25) is 0 Å². The molecule has 2 aliphatic rings. The molecule has 1 amide bonds. The van der Waals surface area contributed by atoms with Gasteiger partial charge in [-0.05, 0) is 43.1 Å². The van der Waals surface area contributed by atoms with Crippen LogP contribution >= 0.6 is 23.1 Å². The lowest BCUT2D eigenvalue weighted by molar-refractivity contribution is 0.0645. The Morgan fingerprint density at radius 3 is 2.94 bits per heavy atom. The number of carbonyl (C=O) groups excluding carboxylic acids is 1. The van der Waals surface area contributed by atoms with Gasteiger partial charge in [0, 0.05) is 10.6 Å². The smallest absolute Gasteiger partial charge is 0.261 e. The summed E-state index contributed by atoms with van der Waals surface area (Å²) in [5.74, 6) is 2.19. The zero-order valence-corrected chi connectivity index (χ0v) is 11.8. The lowest BCUT2D eigenvalue weighted by Crippen LogP contribution is -2.56. The lowest BCUT2D eigenvalue weighted by Gasteiger charge is -2.40. The maximum atomic E-state index is 12.2. The molecule has 0 bridgehead atoms. The SMILES string of the molecule is O=C(NC1(CO)CCC1)c1cc2c(s1)CCSC2. The Kier molecular flexibility index (Phi) is 3.38. The summed E-state index contributed by atoms with van der Waals surface area (Å²) in [6, 6.07) is 2.03. The van der Waals surface area contributed by atoms with Crippen LogP contribution in [0.3, 0.4) is 0 Å². The zero-order valence-electron chi connectivity index (χ0n) is 10.2. The zero-order chi connectivity index (χ0) is 12.6. The maximum absolute atomic E-state index is 12.2. The third-order valence-electron chi connectivity index (χ3n) is 3.84. The highest BCUT2D eigenvalue weighted by Crippen LogP contribution is 2.34. The van der Waals surface area contributed by atoms with Crippen molar-refractivity contribution in [2.45, 2.75) is 37.0 Å². The van der Waals surface area contributed by atoms with E-state index in [1.165, 1.54) is 10.4 Å². The van der Waals surface area contributed by atoms with Crippen LogP contribution in [-0.4, -0.2) is 28.9 Å². The largest absolute Gasteiger partial charge is 0.394 e. The molecule has 0 unspecified atom stereocenters. The average molecular weight is 283 g/mol. The van der Waals surface area contributed by atoms with Gasteiger partial charge in [0.2, 0.25) is 0 Å². The van der Waals surface area contributed by atoms with Crippen LogP contribution < -0.4 is 5.32 Å². The molecule has 0 spiro atoms. The molecule has 0 radical (unpaired) electrons. The number of hydrogen-bond donors (Lipinski definition) is 2. The Morgan fingerprint density at radius 2 is 2.33 bits per heavy atom. The number of aliphatic hydroxyl groups excluding tert-OH is 1. The first-order chi connectivity index (χ1) is 8.72. The summed E-state index contributed by atoms with van der Waals surface area (Å²) in [6.07, 6.45) is 3.98. The molecule has 1 saturated carbocycles. The second-order valence-corrected chi connectivity index (χ2v) is 7.35. The van der Waals surface area contributed by atoms with Crippen LogP contribution in [0.15, 0.2) is 6.07 Å². The fraction of sp³-hybridized carbons (Fsp3) is 0.615. The normalized spacial score (nSPS) is 20.9. The van der Waals surface area contributed by atoms with Gasteiger partial charge in [0.1, 0.15) is 0 Å². The Labute approximate surface area is 115 Å². The van der Waals surface area contributed by atoms with E-state index in [-0.39, 0.29) is 18.1 Å². The fourth-order valence-corrected chi connectivity index (χ4v) is 4.76. The molecule has 98 valence electrons. The topological polar surface area (TPSA) is 49.3 Å². The van der Waals surface area contributed by atoms with E-state index in [0.29, 0.717) is 0 Å². The van der Waals surface area contributed by atoms with Crippen molar-refractivity contribution < 1.29 is 9.90 Å². The molecular weight excluding hydrogens is 266 g/mol. The highest BCUT2D eigenvalue weighted by atomic mass is 32.2. The quantitative estimate of drug-likeness (QED) is 0.894. The molecule has 1 aliphatic heterocycles. The van der Waals surface area contributed by atoms with Gasteiger partial charge in [-0.3, -0.25) is 4.79 Å². The highest BCUT2D eigenvalue weighted by molar-refractivity contribution is 7.98. The molecule has 1 aromatic heterocycles. The summed E-state index contributed by atoms with van der Waals surface area (Å²) in [4.78, 5) is 14.4. The number of fused-ring (bicyclic) bond motifs is 1. The van der Waals surface area contributed by atoms with Crippen molar-refractivity contribution in [3.8, 4) is 0 Å². The van der Waals surface area contributed by atoms with Gasteiger partial charge in [-0.15, -0.1) is 11.3 Å². The predicted octanol–water partition coefficient (Wildman–Crippen LogP) is 2.18. The number of hydrogen-bond acceptors (Lipinski definition) is 4. The molecule has 2 heterocycles. The molecule has 2 N–H and O–H groups in total. The molecule has 1 aromatic rings. The number of nitrogens with one attached hydrogen (secondary N) is 1. The van der Waals surface area contributed by atoms with Crippen molar-refractivity contribution >= 4 is 29.0 Å². The van der Waals surface area contributed by atoms with Crippen LogP contribution in [0.5, 0.6) is 0 Å². The summed E-state index contributed by atoms with van der Waals surface area (Å²) >= 11 is 3.55. The van der Waals surface area contributed by atoms with Gasteiger partial charge in [-0.1, -0.05) is 0 Å². The number of rotatable bonds is 3. The van der Waals surface area contributed by atoms with Crippen molar-refractivity contribution in [3.63, 3.8) is 0 Å². The van der Waals surface area contributed by atoms with Gasteiger partial charge >= 0.3 is 0 Å². The maximum Gasteiger partial charge on any atom is 0.261 e. The minimum Gasteiger partial charge on any atom is -0.394 e. The standard InChI is InChI=1S/C13H17NO2S2/c15-8-13(3-1-4-13)14-12(16)11-6-9-7-17-5-2-10(9)18-11/h6,15H,1-5,7-8H2,(H,14,16). The summed E-state index contributed by atoms with van der Waals surface area (Å²) in [6.45, 7) is 0.0552. The number of thiophene rings is 1. The first kappa shape index (κ1) is 12.5. The van der Waals surface area contributed by atoms with Gasteiger partial charge < -0.3 is 10.4 Å². The van der Waals surface area contributed by atoms with Crippen LogP contribution in [0.4, 0.5) is 0 Å². The Bertz CT molecular complexity index is 437. The molecule has 0 aromatic carbocycles. The minimum absolute atomic E-state index is 0.00634. The van der Waals surface area contributed by atoms with Gasteiger partial charge in [0.15, 0.2) is 0 Å². The van der Waals surface area contributed by atoms with Gasteiger partial charge in [-0.2, -0.15) is 11.8 Å². The summed E-state index contributed by atoms with van der Waals surface area (Å²) < 4.78 is 0. The average Bonchev–Trinajstić information content (AvgIpc) is 2.77. The Balaban J connectivity index is 1.74. The molecule has 18 heavy (non-hydrogen) atoms.